The number of hydrogen-bond acceptors (Lipinski definition) is 1. The Morgan fingerprint density at radius 1 is 0.643 bits per heavy atom. The summed E-state index contributed by atoms with van der Waals surface area (Å²) in [5.41, 5.74) is 7.27. The van der Waals surface area contributed by atoms with Crippen LogP contribution >= 0.6 is 0 Å². The summed E-state index contributed by atoms with van der Waals surface area (Å²) in [6, 6.07) is 47.8. The molecule has 0 aromatic heterocycles. The molecule has 42 heavy (non-hydrogen) atoms. The van der Waals surface area contributed by atoms with Crippen LogP contribution in [0.4, 0.5) is 0 Å². The number of benzene rings is 5. The van der Waals surface area contributed by atoms with Crippen LogP contribution in [0.15, 0.2) is 133 Å². The van der Waals surface area contributed by atoms with Gasteiger partial charge in [-0.2, -0.15) is 0 Å². The first-order chi connectivity index (χ1) is 19.4. The minimum atomic E-state index is -2.47. The molecule has 1 amide bonds. The van der Waals surface area contributed by atoms with Crippen LogP contribution < -0.4 is 39.0 Å². The molecule has 1 aliphatic carbocycles. The predicted molar refractivity (Wildman–Crippen MR) is 166 cm³/mol. The summed E-state index contributed by atoms with van der Waals surface area (Å²) in [4.78, 5) is 14.2. The van der Waals surface area contributed by atoms with Crippen LogP contribution in [0.25, 0.3) is 11.1 Å². The number of hydrogen-bond donors (Lipinski definition) is 1. The third-order valence-electron chi connectivity index (χ3n) is 7.97. The molecule has 0 aliphatic heterocycles. The molecule has 6 heteroatoms. The maximum atomic E-state index is 14.2. The molecule has 6 rings (SSSR count). The van der Waals surface area contributed by atoms with E-state index in [1.54, 1.807) is 0 Å². The minimum absolute atomic E-state index is 0. The first-order valence-electron chi connectivity index (χ1n) is 14.0. The fraction of sp³-hybridized carbons (Fsp3) is 0.139. The van der Waals surface area contributed by atoms with Crippen molar-refractivity contribution in [2.75, 3.05) is 0 Å². The summed E-state index contributed by atoms with van der Waals surface area (Å²) in [7, 11) is 0. The molecular weight excluding hydrogens is 609 g/mol. The van der Waals surface area contributed by atoms with Gasteiger partial charge in [0.2, 0.25) is 0 Å². The number of halogens is 2. The van der Waals surface area contributed by atoms with E-state index in [0.717, 1.165) is 5.56 Å². The molecule has 1 N–H and O–H groups in total. The van der Waals surface area contributed by atoms with Crippen molar-refractivity contribution in [2.24, 2.45) is 0 Å². The van der Waals surface area contributed by atoms with Crippen molar-refractivity contribution in [3.05, 3.63) is 156 Å². The van der Waals surface area contributed by atoms with Crippen molar-refractivity contribution in [2.45, 2.75) is 30.4 Å². The Kier molecular flexibility index (Phi) is 10.4. The Balaban J connectivity index is 0.00000202. The smallest absolute Gasteiger partial charge is 1.00 e. The Labute approximate surface area is 269 Å². The van der Waals surface area contributed by atoms with Gasteiger partial charge < -0.3 is 24.8 Å². The molecular formula is C36H34Cl2NOSiTi. The van der Waals surface area contributed by atoms with Crippen LogP contribution in [-0.2, 0) is 22.8 Å². The Morgan fingerprint density at radius 3 is 1.62 bits per heavy atom. The molecule has 0 saturated carbocycles. The summed E-state index contributed by atoms with van der Waals surface area (Å²) in [6.45, 7) is 4.77. The summed E-state index contributed by atoms with van der Waals surface area (Å²) in [5.74, 6) is 0.0623. The van der Waals surface area contributed by atoms with E-state index >= 15 is 0 Å². The fourth-order valence-corrected chi connectivity index (χ4v) is 20.9. The van der Waals surface area contributed by atoms with Gasteiger partial charge in [0, 0.05) is 0 Å². The SMILES string of the molecule is CC(C)(C)c1cccc(C(=O)[NH][Ti+2]([CH]2c3ccccc3-c3ccccc32)[SiH](c2ccccc2)c2ccccc2)c1.[Cl-].[Cl-]. The van der Waals surface area contributed by atoms with Crippen molar-refractivity contribution in [3.63, 3.8) is 0 Å². The van der Waals surface area contributed by atoms with Crippen LogP contribution in [0, 0.1) is 0 Å². The quantitative estimate of drug-likeness (QED) is 0.270. The zero-order valence-corrected chi connectivity index (χ0v) is 28.2. The zero-order valence-electron chi connectivity index (χ0n) is 24.0. The average molecular weight is 644 g/mol. The number of rotatable bonds is 6. The maximum absolute atomic E-state index is 14.2. The van der Waals surface area contributed by atoms with E-state index in [9.17, 15) is 4.79 Å². The zero-order chi connectivity index (χ0) is 27.7. The van der Waals surface area contributed by atoms with E-state index in [4.69, 9.17) is 0 Å². The van der Waals surface area contributed by atoms with E-state index in [1.165, 1.54) is 38.2 Å². The molecule has 0 saturated heterocycles. The summed E-state index contributed by atoms with van der Waals surface area (Å²) < 4.78 is 4.04. The normalized spacial score (nSPS) is 12.0. The fourth-order valence-electron chi connectivity index (χ4n) is 5.97. The average Bonchev–Trinajstić information content (AvgIpc) is 3.32. The molecule has 211 valence electrons. The molecule has 0 heterocycles. The molecule has 1 aliphatic rings. The maximum Gasteiger partial charge on any atom is -1.00 e. The summed E-state index contributed by atoms with van der Waals surface area (Å²) in [6.07, 6.45) is 0. The summed E-state index contributed by atoms with van der Waals surface area (Å²) >= 11 is -2.47. The molecule has 0 atom stereocenters. The molecule has 0 radical (unpaired) electrons. The molecule has 0 fully saturated rings. The van der Waals surface area contributed by atoms with Gasteiger partial charge in [-0.3, -0.25) is 0 Å². The van der Waals surface area contributed by atoms with Crippen LogP contribution in [0.3, 0.4) is 0 Å². The van der Waals surface area contributed by atoms with Gasteiger partial charge in [0.1, 0.15) is 0 Å². The van der Waals surface area contributed by atoms with E-state index in [2.05, 4.69) is 146 Å². The number of fused-ring (bicyclic) bond motifs is 3. The number of nitrogens with one attached hydrogen (secondary N) is 1. The Bertz CT molecular complexity index is 1570. The monoisotopic (exact) mass is 642 g/mol. The van der Waals surface area contributed by atoms with E-state index in [-0.39, 0.29) is 40.4 Å². The molecule has 5 aromatic rings. The van der Waals surface area contributed by atoms with Gasteiger partial charge in [-0.05, 0) is 0 Å². The van der Waals surface area contributed by atoms with Crippen LogP contribution in [0.5, 0.6) is 0 Å². The summed E-state index contributed by atoms with van der Waals surface area (Å²) in [5, 5.41) is 2.80. The largest absolute Gasteiger partial charge is 1.00 e. The van der Waals surface area contributed by atoms with Gasteiger partial charge >= 0.3 is 246 Å². The van der Waals surface area contributed by atoms with E-state index in [0.29, 0.717) is 0 Å². The van der Waals surface area contributed by atoms with Crippen molar-refractivity contribution in [1.82, 2.24) is 3.80 Å². The van der Waals surface area contributed by atoms with Crippen LogP contribution in [-0.4, -0.2) is 12.6 Å². The van der Waals surface area contributed by atoms with Gasteiger partial charge in [0.05, 0.1) is 0 Å². The third kappa shape index (κ3) is 6.37. The topological polar surface area (TPSA) is 29.1 Å². The standard InChI is InChI=1S/C13H9.C12H11Si.C11H15NO.2ClH.Ti/c1-3-7-12-10(5-1)9-11-6-2-4-8-13(11)12;1-3-7-11(8-4-1)13-12-9-5-2-6-10-12;1-11(2,3)9-6-4-5-8(7-9)10(12)13;;;/h1-9H;1-10,13H;4-7H,1-3H3,(H2,12,13);2*1H;/q;;;;;+3/p-3. The van der Waals surface area contributed by atoms with Crippen molar-refractivity contribution in [1.29, 1.82) is 0 Å². The molecule has 0 spiro atoms. The van der Waals surface area contributed by atoms with Crippen molar-refractivity contribution in [3.8, 4) is 11.1 Å². The van der Waals surface area contributed by atoms with Gasteiger partial charge in [-0.15, -0.1) is 0 Å². The van der Waals surface area contributed by atoms with Gasteiger partial charge in [0.15, 0.2) is 0 Å². The number of amides is 1. The van der Waals surface area contributed by atoms with Crippen LogP contribution in [0.1, 0.15) is 52.0 Å². The van der Waals surface area contributed by atoms with E-state index in [1.807, 2.05) is 12.1 Å². The second-order valence-electron chi connectivity index (χ2n) is 11.6. The van der Waals surface area contributed by atoms with Gasteiger partial charge in [-0.1, -0.05) is 0 Å². The molecule has 0 unspecified atom stereocenters. The second-order valence-corrected chi connectivity index (χ2v) is 21.8. The van der Waals surface area contributed by atoms with Crippen LogP contribution in [0.2, 0.25) is 0 Å². The van der Waals surface area contributed by atoms with Crippen molar-refractivity contribution < 1.29 is 47.0 Å². The van der Waals surface area contributed by atoms with Crippen molar-refractivity contribution >= 4 is 22.9 Å². The molecule has 0 bridgehead atoms. The minimum Gasteiger partial charge on any atom is -1.00 e. The second kappa shape index (κ2) is 13.6. The number of carbonyl (C=O) groups is 1. The molecule has 2 nitrogen and oxygen atoms in total. The predicted octanol–water partition coefficient (Wildman–Crippen LogP) is 0.563. The Morgan fingerprint density at radius 2 is 1.12 bits per heavy atom. The first kappa shape index (κ1) is 32.0. The van der Waals surface area contributed by atoms with Gasteiger partial charge in [0.25, 0.3) is 0 Å². The third-order valence-corrected chi connectivity index (χ3v) is 21.4. The van der Waals surface area contributed by atoms with Gasteiger partial charge in [-0.25, -0.2) is 0 Å². The molecule has 5 aromatic carbocycles. The van der Waals surface area contributed by atoms with E-state index < -0.39 is 24.0 Å². The first-order valence-corrected chi connectivity index (χ1v) is 20.1. The number of carbonyl (C=O) groups excluding carboxylic acids is 1. The Hall–Kier alpha value is -2.92.